The van der Waals surface area contributed by atoms with Crippen LogP contribution in [0.15, 0.2) is 22.9 Å². The van der Waals surface area contributed by atoms with Crippen LogP contribution in [0.1, 0.15) is 24.2 Å². The fraction of sp³-hybridized carbons (Fsp3) is 0.500. The number of halogens is 1. The van der Waals surface area contributed by atoms with Gasteiger partial charge in [-0.15, -0.1) is 0 Å². The minimum atomic E-state index is -0.0320. The fourth-order valence-corrected chi connectivity index (χ4v) is 2.57. The van der Waals surface area contributed by atoms with E-state index in [1.54, 1.807) is 23.4 Å². The summed E-state index contributed by atoms with van der Waals surface area (Å²) in [5.41, 5.74) is 0.572. The van der Waals surface area contributed by atoms with E-state index in [2.05, 4.69) is 20.9 Å². The van der Waals surface area contributed by atoms with Gasteiger partial charge in [0.15, 0.2) is 0 Å². The van der Waals surface area contributed by atoms with E-state index >= 15 is 0 Å². The van der Waals surface area contributed by atoms with Crippen LogP contribution in [0.2, 0.25) is 0 Å². The van der Waals surface area contributed by atoms with Crippen molar-refractivity contribution in [3.05, 3.63) is 28.5 Å². The van der Waals surface area contributed by atoms with Gasteiger partial charge in [-0.1, -0.05) is 13.8 Å². The number of aromatic nitrogens is 1. The van der Waals surface area contributed by atoms with Gasteiger partial charge in [-0.2, -0.15) is 0 Å². The molecule has 0 bridgehead atoms. The Hall–Kier alpha value is -1.43. The van der Waals surface area contributed by atoms with E-state index in [0.717, 1.165) is 4.47 Å². The minimum Gasteiger partial charge on any atom is -0.339 e. The lowest BCUT2D eigenvalue weighted by Crippen LogP contribution is -2.51. The first-order valence-corrected chi connectivity index (χ1v) is 7.47. The highest BCUT2D eigenvalue weighted by Crippen LogP contribution is 2.14. The number of piperazine rings is 1. The molecule has 1 aliphatic rings. The highest BCUT2D eigenvalue weighted by Gasteiger charge is 2.26. The molecule has 0 aromatic carbocycles. The van der Waals surface area contributed by atoms with Gasteiger partial charge in [0.25, 0.3) is 5.91 Å². The first-order chi connectivity index (χ1) is 9.49. The molecule has 6 heteroatoms. The summed E-state index contributed by atoms with van der Waals surface area (Å²) in [5.74, 6) is 0.128. The second-order valence-electron chi connectivity index (χ2n) is 5.16. The Labute approximate surface area is 127 Å². The number of pyridine rings is 1. The Balaban J connectivity index is 1.97. The summed E-state index contributed by atoms with van der Waals surface area (Å²) in [6, 6.07) is 1.76. The summed E-state index contributed by atoms with van der Waals surface area (Å²) in [6.07, 6.45) is 3.22. The monoisotopic (exact) mass is 339 g/mol. The molecule has 0 saturated carbocycles. The molecule has 1 saturated heterocycles. The van der Waals surface area contributed by atoms with Crippen molar-refractivity contribution in [2.24, 2.45) is 5.92 Å². The van der Waals surface area contributed by atoms with Crippen molar-refractivity contribution in [2.75, 3.05) is 26.2 Å². The third-order valence-corrected chi connectivity index (χ3v) is 3.76. The van der Waals surface area contributed by atoms with Gasteiger partial charge in [0.05, 0.1) is 5.56 Å². The molecule has 0 radical (unpaired) electrons. The third-order valence-electron chi connectivity index (χ3n) is 3.32. The van der Waals surface area contributed by atoms with Gasteiger partial charge in [0.2, 0.25) is 5.91 Å². The van der Waals surface area contributed by atoms with Crippen LogP contribution in [0.3, 0.4) is 0 Å². The lowest BCUT2D eigenvalue weighted by atomic mass is 10.1. The van der Waals surface area contributed by atoms with Crippen molar-refractivity contribution in [1.29, 1.82) is 0 Å². The largest absolute Gasteiger partial charge is 0.339 e. The van der Waals surface area contributed by atoms with E-state index < -0.39 is 0 Å². The van der Waals surface area contributed by atoms with E-state index in [-0.39, 0.29) is 17.7 Å². The maximum Gasteiger partial charge on any atom is 0.255 e. The molecule has 2 heterocycles. The molecule has 0 N–H and O–H groups in total. The molecule has 5 nitrogen and oxygen atoms in total. The first kappa shape index (κ1) is 15.0. The zero-order chi connectivity index (χ0) is 14.7. The topological polar surface area (TPSA) is 53.5 Å². The number of carbonyl (C=O) groups is 2. The summed E-state index contributed by atoms with van der Waals surface area (Å²) >= 11 is 3.31. The zero-order valence-corrected chi connectivity index (χ0v) is 13.3. The SMILES string of the molecule is CC(C)C(=O)N1CCN(C(=O)c2cncc(Br)c2)CC1. The van der Waals surface area contributed by atoms with Gasteiger partial charge < -0.3 is 9.80 Å². The van der Waals surface area contributed by atoms with Gasteiger partial charge >= 0.3 is 0 Å². The van der Waals surface area contributed by atoms with E-state index in [1.165, 1.54) is 0 Å². The summed E-state index contributed by atoms with van der Waals surface area (Å²) in [5, 5.41) is 0. The Morgan fingerprint density at radius 2 is 1.75 bits per heavy atom. The van der Waals surface area contributed by atoms with Gasteiger partial charge in [-0.25, -0.2) is 0 Å². The fourth-order valence-electron chi connectivity index (χ4n) is 2.21. The second kappa shape index (κ2) is 6.35. The minimum absolute atomic E-state index is 0.00605. The number of rotatable bonds is 2. The van der Waals surface area contributed by atoms with Crippen LogP contribution in [0.5, 0.6) is 0 Å². The predicted octanol–water partition coefficient (Wildman–Crippen LogP) is 1.78. The molecule has 1 aromatic rings. The Morgan fingerprint density at radius 1 is 1.15 bits per heavy atom. The molecule has 0 unspecified atom stereocenters. The summed E-state index contributed by atoms with van der Waals surface area (Å²) < 4.78 is 0.789. The highest BCUT2D eigenvalue weighted by atomic mass is 79.9. The lowest BCUT2D eigenvalue weighted by Gasteiger charge is -2.35. The molecule has 1 aromatic heterocycles. The smallest absolute Gasteiger partial charge is 0.255 e. The molecule has 0 spiro atoms. The first-order valence-electron chi connectivity index (χ1n) is 6.67. The summed E-state index contributed by atoms with van der Waals surface area (Å²) in [6.45, 7) is 6.14. The van der Waals surface area contributed by atoms with Crippen LogP contribution in [0.4, 0.5) is 0 Å². The molecule has 1 fully saturated rings. The van der Waals surface area contributed by atoms with Gasteiger partial charge in [-0.3, -0.25) is 14.6 Å². The summed E-state index contributed by atoms with van der Waals surface area (Å²) in [4.78, 5) is 31.8. The number of nitrogens with zero attached hydrogens (tertiary/aromatic N) is 3. The molecule has 0 aliphatic carbocycles. The maximum atomic E-state index is 12.3. The molecule has 20 heavy (non-hydrogen) atoms. The quantitative estimate of drug-likeness (QED) is 0.825. The maximum absolute atomic E-state index is 12.3. The van der Waals surface area contributed by atoms with E-state index in [9.17, 15) is 9.59 Å². The Bertz CT molecular complexity index is 511. The van der Waals surface area contributed by atoms with Crippen LogP contribution in [0, 0.1) is 5.92 Å². The van der Waals surface area contributed by atoms with Crippen molar-refractivity contribution >= 4 is 27.7 Å². The molecular weight excluding hydrogens is 322 g/mol. The third kappa shape index (κ3) is 3.36. The van der Waals surface area contributed by atoms with Crippen molar-refractivity contribution in [1.82, 2.24) is 14.8 Å². The number of hydrogen-bond acceptors (Lipinski definition) is 3. The Morgan fingerprint density at radius 3 is 2.30 bits per heavy atom. The molecule has 0 atom stereocenters. The van der Waals surface area contributed by atoms with Crippen LogP contribution < -0.4 is 0 Å². The molecule has 2 amide bonds. The molecule has 2 rings (SSSR count). The highest BCUT2D eigenvalue weighted by molar-refractivity contribution is 9.10. The van der Waals surface area contributed by atoms with Crippen LogP contribution in [-0.4, -0.2) is 52.8 Å². The zero-order valence-electron chi connectivity index (χ0n) is 11.7. The Kier molecular flexibility index (Phi) is 4.75. The normalized spacial score (nSPS) is 15.6. The lowest BCUT2D eigenvalue weighted by molar-refractivity contribution is -0.135. The van der Waals surface area contributed by atoms with Crippen molar-refractivity contribution in [2.45, 2.75) is 13.8 Å². The van der Waals surface area contributed by atoms with Gasteiger partial charge in [0.1, 0.15) is 0 Å². The van der Waals surface area contributed by atoms with E-state index in [4.69, 9.17) is 0 Å². The second-order valence-corrected chi connectivity index (χ2v) is 6.08. The molecular formula is C14H18BrN3O2. The van der Waals surface area contributed by atoms with E-state index in [0.29, 0.717) is 31.7 Å². The van der Waals surface area contributed by atoms with Crippen molar-refractivity contribution in [3.63, 3.8) is 0 Å². The van der Waals surface area contributed by atoms with Crippen molar-refractivity contribution < 1.29 is 9.59 Å². The van der Waals surface area contributed by atoms with Crippen molar-refractivity contribution in [3.8, 4) is 0 Å². The standard InChI is InChI=1S/C14H18BrN3O2/c1-10(2)13(19)17-3-5-18(6-4-17)14(20)11-7-12(15)9-16-8-11/h7-10H,3-6H2,1-2H3. The van der Waals surface area contributed by atoms with Crippen LogP contribution >= 0.6 is 15.9 Å². The number of amides is 2. The van der Waals surface area contributed by atoms with Crippen LogP contribution in [0.25, 0.3) is 0 Å². The molecule has 1 aliphatic heterocycles. The average molecular weight is 340 g/mol. The van der Waals surface area contributed by atoms with Gasteiger partial charge in [0, 0.05) is 49.0 Å². The molecule has 108 valence electrons. The van der Waals surface area contributed by atoms with Crippen LogP contribution in [-0.2, 0) is 4.79 Å². The van der Waals surface area contributed by atoms with Gasteiger partial charge in [-0.05, 0) is 22.0 Å². The number of hydrogen-bond donors (Lipinski definition) is 0. The predicted molar refractivity (Wildman–Crippen MR) is 79.3 cm³/mol. The number of carbonyl (C=O) groups excluding carboxylic acids is 2. The van der Waals surface area contributed by atoms with E-state index in [1.807, 2.05) is 18.7 Å². The average Bonchev–Trinajstić information content (AvgIpc) is 2.46. The summed E-state index contributed by atoms with van der Waals surface area (Å²) in [7, 11) is 0.